The van der Waals surface area contributed by atoms with E-state index in [-0.39, 0.29) is 17.6 Å². The fraction of sp³-hybridized carbons (Fsp3) is 0.370. The number of ketones is 1. The SMILES string of the molecule is CCOc1ccc(C(=O)C2CC(O)CC(C(=O)NCc3ccc(-c4cnco4)cc3)C2C)cc1. The van der Waals surface area contributed by atoms with E-state index in [1.165, 1.54) is 6.39 Å². The molecule has 7 heteroatoms. The Bertz CT molecular complexity index is 1090. The van der Waals surface area contributed by atoms with Crippen molar-refractivity contribution in [2.24, 2.45) is 17.8 Å². The maximum atomic E-state index is 13.2. The number of Topliss-reactive ketones (excluding diaryl/α,β-unsaturated/α-hetero) is 1. The molecule has 3 aromatic rings. The lowest BCUT2D eigenvalue weighted by Gasteiger charge is -2.37. The van der Waals surface area contributed by atoms with Crippen LogP contribution in [0.15, 0.2) is 65.5 Å². The Morgan fingerprint density at radius 2 is 1.79 bits per heavy atom. The molecule has 0 radical (unpaired) electrons. The van der Waals surface area contributed by atoms with Crippen molar-refractivity contribution in [3.8, 4) is 17.1 Å². The lowest BCUT2D eigenvalue weighted by Crippen LogP contribution is -2.45. The number of carbonyl (C=O) groups is 2. The van der Waals surface area contributed by atoms with E-state index in [4.69, 9.17) is 9.15 Å². The fourth-order valence-electron chi connectivity index (χ4n) is 4.65. The number of hydrogen-bond donors (Lipinski definition) is 2. The van der Waals surface area contributed by atoms with E-state index in [2.05, 4.69) is 10.3 Å². The van der Waals surface area contributed by atoms with Gasteiger partial charge in [-0.3, -0.25) is 9.59 Å². The number of rotatable bonds is 8. The van der Waals surface area contributed by atoms with Gasteiger partial charge in [0, 0.05) is 29.5 Å². The van der Waals surface area contributed by atoms with Crippen molar-refractivity contribution in [1.29, 1.82) is 0 Å². The van der Waals surface area contributed by atoms with E-state index < -0.39 is 17.9 Å². The number of carbonyl (C=O) groups excluding carboxylic acids is 2. The molecule has 2 N–H and O–H groups in total. The number of nitrogens with zero attached hydrogens (tertiary/aromatic N) is 1. The second-order valence-corrected chi connectivity index (χ2v) is 8.80. The van der Waals surface area contributed by atoms with Crippen LogP contribution in [-0.2, 0) is 11.3 Å². The van der Waals surface area contributed by atoms with Crippen molar-refractivity contribution in [1.82, 2.24) is 10.3 Å². The maximum absolute atomic E-state index is 13.2. The molecule has 1 fully saturated rings. The average Bonchev–Trinajstić information content (AvgIpc) is 3.39. The van der Waals surface area contributed by atoms with Gasteiger partial charge < -0.3 is 19.6 Å². The van der Waals surface area contributed by atoms with Crippen LogP contribution >= 0.6 is 0 Å². The van der Waals surface area contributed by atoms with Gasteiger partial charge in [0.05, 0.1) is 18.9 Å². The lowest BCUT2D eigenvalue weighted by molar-refractivity contribution is -0.130. The highest BCUT2D eigenvalue weighted by Crippen LogP contribution is 2.37. The van der Waals surface area contributed by atoms with Gasteiger partial charge >= 0.3 is 0 Å². The average molecular weight is 463 g/mol. The number of hydrogen-bond acceptors (Lipinski definition) is 6. The van der Waals surface area contributed by atoms with E-state index in [1.807, 2.05) is 38.1 Å². The second kappa shape index (κ2) is 10.7. The summed E-state index contributed by atoms with van der Waals surface area (Å²) in [5.74, 6) is 0.166. The fourth-order valence-corrected chi connectivity index (χ4v) is 4.65. The summed E-state index contributed by atoms with van der Waals surface area (Å²) in [7, 11) is 0. The molecule has 1 amide bonds. The van der Waals surface area contributed by atoms with Gasteiger partial charge in [0.15, 0.2) is 17.9 Å². The number of ether oxygens (including phenoxy) is 1. The van der Waals surface area contributed by atoms with Crippen LogP contribution in [0.4, 0.5) is 0 Å². The minimum atomic E-state index is -0.690. The van der Waals surface area contributed by atoms with E-state index in [9.17, 15) is 14.7 Å². The van der Waals surface area contributed by atoms with E-state index in [0.29, 0.717) is 43.1 Å². The largest absolute Gasteiger partial charge is 0.494 e. The normalized spacial score (nSPS) is 22.2. The first-order valence-electron chi connectivity index (χ1n) is 11.7. The number of aliphatic hydroxyl groups excluding tert-OH is 1. The summed E-state index contributed by atoms with van der Waals surface area (Å²) in [6, 6.07) is 14.7. The zero-order chi connectivity index (χ0) is 24.1. The summed E-state index contributed by atoms with van der Waals surface area (Å²) >= 11 is 0. The van der Waals surface area contributed by atoms with Gasteiger partial charge in [0.25, 0.3) is 0 Å². The van der Waals surface area contributed by atoms with Crippen molar-refractivity contribution >= 4 is 11.7 Å². The molecule has 1 aliphatic rings. The standard InChI is InChI=1S/C27H30N2O5/c1-3-33-22-10-8-20(9-11-22)26(31)23-12-21(30)13-24(17(23)2)27(32)29-14-18-4-6-19(7-5-18)25-15-28-16-34-25/h4-11,15-17,21,23-24,30H,3,12-14H2,1-2H3,(H,29,32). The highest BCUT2D eigenvalue weighted by atomic mass is 16.5. The Morgan fingerprint density at radius 3 is 2.44 bits per heavy atom. The summed E-state index contributed by atoms with van der Waals surface area (Å²) in [6.07, 6.45) is 3.06. The smallest absolute Gasteiger partial charge is 0.223 e. The Labute approximate surface area is 199 Å². The zero-order valence-corrected chi connectivity index (χ0v) is 19.4. The number of nitrogens with one attached hydrogen (secondary N) is 1. The Hall–Kier alpha value is -3.45. The molecule has 4 atom stereocenters. The van der Waals surface area contributed by atoms with Gasteiger partial charge in [-0.05, 0) is 55.5 Å². The quantitative estimate of drug-likeness (QED) is 0.485. The third-order valence-corrected chi connectivity index (χ3v) is 6.58. The van der Waals surface area contributed by atoms with E-state index in [0.717, 1.165) is 11.1 Å². The Kier molecular flexibility index (Phi) is 7.43. The van der Waals surface area contributed by atoms with Crippen molar-refractivity contribution < 1.29 is 23.8 Å². The highest BCUT2D eigenvalue weighted by Gasteiger charge is 2.41. The molecule has 1 aromatic heterocycles. The number of aromatic nitrogens is 1. The molecule has 1 aliphatic carbocycles. The topological polar surface area (TPSA) is 102 Å². The van der Waals surface area contributed by atoms with E-state index >= 15 is 0 Å². The van der Waals surface area contributed by atoms with Crippen LogP contribution in [0.5, 0.6) is 5.75 Å². The molecular weight excluding hydrogens is 432 g/mol. The number of oxazole rings is 1. The van der Waals surface area contributed by atoms with Crippen LogP contribution in [0.25, 0.3) is 11.3 Å². The summed E-state index contributed by atoms with van der Waals surface area (Å²) in [6.45, 7) is 4.76. The summed E-state index contributed by atoms with van der Waals surface area (Å²) in [5, 5.41) is 13.4. The van der Waals surface area contributed by atoms with Gasteiger partial charge in [-0.25, -0.2) is 4.98 Å². The summed E-state index contributed by atoms with van der Waals surface area (Å²) in [5.41, 5.74) is 2.43. The summed E-state index contributed by atoms with van der Waals surface area (Å²) in [4.78, 5) is 30.2. The third-order valence-electron chi connectivity index (χ3n) is 6.58. The third kappa shape index (κ3) is 5.37. The predicted octanol–water partition coefficient (Wildman–Crippen LogP) is 4.26. The molecule has 2 aromatic carbocycles. The van der Waals surface area contributed by atoms with Crippen molar-refractivity contribution in [3.05, 3.63) is 72.2 Å². The molecule has 0 aliphatic heterocycles. The molecular formula is C27H30N2O5. The minimum Gasteiger partial charge on any atom is -0.494 e. The molecule has 0 bridgehead atoms. The van der Waals surface area contributed by atoms with Crippen molar-refractivity contribution in [3.63, 3.8) is 0 Å². The minimum absolute atomic E-state index is 0.0462. The van der Waals surface area contributed by atoms with Gasteiger partial charge in [-0.2, -0.15) is 0 Å². The second-order valence-electron chi connectivity index (χ2n) is 8.80. The molecule has 34 heavy (non-hydrogen) atoms. The van der Waals surface area contributed by atoms with Gasteiger partial charge in [0.1, 0.15) is 5.75 Å². The first-order chi connectivity index (χ1) is 16.5. The van der Waals surface area contributed by atoms with Crippen LogP contribution in [-0.4, -0.2) is 34.5 Å². The van der Waals surface area contributed by atoms with Crippen molar-refractivity contribution in [2.45, 2.75) is 39.3 Å². The number of benzene rings is 2. The van der Waals surface area contributed by atoms with Gasteiger partial charge in [-0.15, -0.1) is 0 Å². The zero-order valence-electron chi connectivity index (χ0n) is 19.4. The first-order valence-corrected chi connectivity index (χ1v) is 11.7. The monoisotopic (exact) mass is 462 g/mol. The van der Waals surface area contributed by atoms with Gasteiger partial charge in [0.2, 0.25) is 5.91 Å². The van der Waals surface area contributed by atoms with Crippen LogP contribution < -0.4 is 10.1 Å². The molecule has 1 saturated carbocycles. The van der Waals surface area contributed by atoms with Crippen LogP contribution in [0, 0.1) is 17.8 Å². The molecule has 7 nitrogen and oxygen atoms in total. The van der Waals surface area contributed by atoms with Crippen LogP contribution in [0.1, 0.15) is 42.6 Å². The first kappa shape index (κ1) is 23.7. The molecule has 4 rings (SSSR count). The summed E-state index contributed by atoms with van der Waals surface area (Å²) < 4.78 is 10.7. The van der Waals surface area contributed by atoms with Crippen LogP contribution in [0.2, 0.25) is 0 Å². The Morgan fingerprint density at radius 1 is 1.09 bits per heavy atom. The predicted molar refractivity (Wildman–Crippen MR) is 127 cm³/mol. The Balaban J connectivity index is 1.38. The molecule has 4 unspecified atom stereocenters. The molecule has 178 valence electrons. The number of aliphatic hydroxyl groups is 1. The maximum Gasteiger partial charge on any atom is 0.223 e. The van der Waals surface area contributed by atoms with E-state index in [1.54, 1.807) is 30.5 Å². The molecule has 0 spiro atoms. The van der Waals surface area contributed by atoms with Gasteiger partial charge in [-0.1, -0.05) is 31.2 Å². The van der Waals surface area contributed by atoms with Crippen LogP contribution in [0.3, 0.4) is 0 Å². The molecule has 0 saturated heterocycles. The highest BCUT2D eigenvalue weighted by molar-refractivity contribution is 5.98. The number of amides is 1. The lowest BCUT2D eigenvalue weighted by atomic mass is 9.69. The van der Waals surface area contributed by atoms with Crippen molar-refractivity contribution in [2.75, 3.05) is 6.61 Å². The molecule has 1 heterocycles.